The van der Waals surface area contributed by atoms with Gasteiger partial charge in [-0.2, -0.15) is 0 Å². The SMILES string of the molecule is Cn1ccnc1COc1ccc(CN2CCC(C(=O)c3ccccc3)CC2)cc1. The lowest BCUT2D eigenvalue weighted by molar-refractivity contribution is 0.0835. The third-order valence-corrected chi connectivity index (χ3v) is 5.64. The second-order valence-corrected chi connectivity index (χ2v) is 7.67. The zero-order valence-corrected chi connectivity index (χ0v) is 16.8. The van der Waals surface area contributed by atoms with Crippen molar-refractivity contribution in [3.63, 3.8) is 0 Å². The van der Waals surface area contributed by atoms with Gasteiger partial charge in [0.25, 0.3) is 0 Å². The van der Waals surface area contributed by atoms with E-state index in [0.29, 0.717) is 12.4 Å². The fraction of sp³-hybridized carbons (Fsp3) is 0.333. The standard InChI is InChI=1S/C24H27N3O2/c1-26-16-13-25-23(26)18-29-22-9-7-19(8-10-22)17-27-14-11-21(12-15-27)24(28)20-5-3-2-4-6-20/h2-10,13,16,21H,11-12,14-15,17-18H2,1H3. The monoisotopic (exact) mass is 389 g/mol. The number of aromatic nitrogens is 2. The highest BCUT2D eigenvalue weighted by atomic mass is 16.5. The number of nitrogens with zero attached hydrogens (tertiary/aromatic N) is 3. The van der Waals surface area contributed by atoms with Gasteiger partial charge >= 0.3 is 0 Å². The Kier molecular flexibility index (Phi) is 6.06. The van der Waals surface area contributed by atoms with Gasteiger partial charge in [-0.05, 0) is 43.6 Å². The maximum Gasteiger partial charge on any atom is 0.166 e. The van der Waals surface area contributed by atoms with E-state index >= 15 is 0 Å². The third-order valence-electron chi connectivity index (χ3n) is 5.64. The van der Waals surface area contributed by atoms with E-state index in [1.54, 1.807) is 6.20 Å². The molecule has 0 unspecified atom stereocenters. The van der Waals surface area contributed by atoms with Crippen molar-refractivity contribution in [2.24, 2.45) is 13.0 Å². The van der Waals surface area contributed by atoms with Gasteiger partial charge in [-0.1, -0.05) is 42.5 Å². The number of imidazole rings is 1. The van der Waals surface area contributed by atoms with Gasteiger partial charge < -0.3 is 9.30 Å². The van der Waals surface area contributed by atoms with Crippen molar-refractivity contribution in [1.82, 2.24) is 14.5 Å². The van der Waals surface area contributed by atoms with Gasteiger partial charge in [0, 0.05) is 37.5 Å². The minimum absolute atomic E-state index is 0.149. The minimum Gasteiger partial charge on any atom is -0.486 e. The predicted octanol–water partition coefficient (Wildman–Crippen LogP) is 4.09. The molecule has 0 aliphatic carbocycles. The molecule has 1 saturated heterocycles. The summed E-state index contributed by atoms with van der Waals surface area (Å²) in [5.74, 6) is 2.20. The largest absolute Gasteiger partial charge is 0.486 e. The number of carbonyl (C=O) groups is 1. The summed E-state index contributed by atoms with van der Waals surface area (Å²) >= 11 is 0. The number of aryl methyl sites for hydroxylation is 1. The van der Waals surface area contributed by atoms with Crippen molar-refractivity contribution >= 4 is 5.78 Å². The van der Waals surface area contributed by atoms with Crippen molar-refractivity contribution in [2.45, 2.75) is 26.0 Å². The van der Waals surface area contributed by atoms with Crippen molar-refractivity contribution in [3.8, 4) is 5.75 Å². The van der Waals surface area contributed by atoms with E-state index < -0.39 is 0 Å². The smallest absolute Gasteiger partial charge is 0.166 e. The van der Waals surface area contributed by atoms with Crippen LogP contribution in [0.2, 0.25) is 0 Å². The summed E-state index contributed by atoms with van der Waals surface area (Å²) in [7, 11) is 1.96. The molecule has 1 aliphatic rings. The fourth-order valence-corrected chi connectivity index (χ4v) is 3.82. The minimum atomic E-state index is 0.149. The molecule has 2 aromatic carbocycles. The molecule has 150 valence electrons. The number of ketones is 1. The highest BCUT2D eigenvalue weighted by Gasteiger charge is 2.25. The average molecular weight is 389 g/mol. The number of hydrogen-bond donors (Lipinski definition) is 0. The van der Waals surface area contributed by atoms with Crippen LogP contribution in [-0.2, 0) is 20.2 Å². The molecule has 1 fully saturated rings. The Labute approximate surface area is 171 Å². The van der Waals surface area contributed by atoms with Crippen LogP contribution in [0.3, 0.4) is 0 Å². The Balaban J connectivity index is 1.25. The first-order valence-corrected chi connectivity index (χ1v) is 10.2. The first kappa shape index (κ1) is 19.4. The van der Waals surface area contributed by atoms with Gasteiger partial charge in [0.2, 0.25) is 0 Å². The molecule has 0 spiro atoms. The van der Waals surface area contributed by atoms with Gasteiger partial charge in [-0.15, -0.1) is 0 Å². The second-order valence-electron chi connectivity index (χ2n) is 7.67. The topological polar surface area (TPSA) is 47.4 Å². The van der Waals surface area contributed by atoms with Gasteiger partial charge in [0.1, 0.15) is 18.2 Å². The van der Waals surface area contributed by atoms with E-state index in [9.17, 15) is 4.79 Å². The van der Waals surface area contributed by atoms with Gasteiger partial charge in [-0.25, -0.2) is 4.98 Å². The Morgan fingerprint density at radius 2 is 1.79 bits per heavy atom. The molecule has 0 bridgehead atoms. The molecule has 5 nitrogen and oxygen atoms in total. The van der Waals surface area contributed by atoms with Crippen LogP contribution in [0.1, 0.15) is 34.6 Å². The molecular weight excluding hydrogens is 362 g/mol. The molecule has 3 aromatic rings. The van der Waals surface area contributed by atoms with Crippen LogP contribution in [-0.4, -0.2) is 33.3 Å². The lowest BCUT2D eigenvalue weighted by Gasteiger charge is -2.31. The van der Waals surface area contributed by atoms with Gasteiger partial charge in [0.15, 0.2) is 5.78 Å². The average Bonchev–Trinajstić information content (AvgIpc) is 3.18. The predicted molar refractivity (Wildman–Crippen MR) is 113 cm³/mol. The van der Waals surface area contributed by atoms with Crippen molar-refractivity contribution < 1.29 is 9.53 Å². The van der Waals surface area contributed by atoms with Gasteiger partial charge in [-0.3, -0.25) is 9.69 Å². The van der Waals surface area contributed by atoms with E-state index in [-0.39, 0.29) is 5.92 Å². The number of rotatable bonds is 7. The first-order chi connectivity index (χ1) is 14.2. The van der Waals surface area contributed by atoms with Crippen LogP contribution >= 0.6 is 0 Å². The fourth-order valence-electron chi connectivity index (χ4n) is 3.82. The maximum atomic E-state index is 12.6. The number of hydrogen-bond acceptors (Lipinski definition) is 4. The number of carbonyl (C=O) groups excluding carboxylic acids is 1. The summed E-state index contributed by atoms with van der Waals surface area (Å²) in [5, 5.41) is 0. The molecule has 0 atom stereocenters. The van der Waals surface area contributed by atoms with Crippen LogP contribution in [0.5, 0.6) is 5.75 Å². The van der Waals surface area contributed by atoms with Crippen LogP contribution in [0.25, 0.3) is 0 Å². The number of piperidine rings is 1. The van der Waals surface area contributed by atoms with Crippen LogP contribution in [0.4, 0.5) is 0 Å². The molecular formula is C24H27N3O2. The summed E-state index contributed by atoms with van der Waals surface area (Å²) in [4.78, 5) is 19.3. The van der Waals surface area contributed by atoms with Crippen molar-refractivity contribution in [3.05, 3.63) is 83.9 Å². The molecule has 5 heteroatoms. The zero-order valence-electron chi connectivity index (χ0n) is 16.8. The molecule has 4 rings (SSSR count). The number of benzene rings is 2. The summed E-state index contributed by atoms with van der Waals surface area (Å²) in [5.41, 5.74) is 2.11. The number of Topliss-reactive ketones (excluding diaryl/α,β-unsaturated/α-hetero) is 1. The lowest BCUT2D eigenvalue weighted by Crippen LogP contribution is -2.35. The summed E-state index contributed by atoms with van der Waals surface area (Å²) in [6.07, 6.45) is 5.55. The van der Waals surface area contributed by atoms with Crippen LogP contribution < -0.4 is 4.74 Å². The molecule has 0 saturated carbocycles. The van der Waals surface area contributed by atoms with Crippen LogP contribution in [0, 0.1) is 5.92 Å². The summed E-state index contributed by atoms with van der Waals surface area (Å²) in [6, 6.07) is 17.9. The Hall–Kier alpha value is -2.92. The van der Waals surface area contributed by atoms with E-state index in [4.69, 9.17) is 4.74 Å². The summed E-state index contributed by atoms with van der Waals surface area (Å²) < 4.78 is 7.78. The Morgan fingerprint density at radius 1 is 1.07 bits per heavy atom. The zero-order chi connectivity index (χ0) is 20.1. The quantitative estimate of drug-likeness (QED) is 0.571. The van der Waals surface area contributed by atoms with E-state index in [0.717, 1.165) is 49.6 Å². The molecule has 0 radical (unpaired) electrons. The molecule has 0 amide bonds. The molecule has 0 N–H and O–H groups in total. The Morgan fingerprint density at radius 3 is 2.45 bits per heavy atom. The van der Waals surface area contributed by atoms with Crippen molar-refractivity contribution in [2.75, 3.05) is 13.1 Å². The maximum absolute atomic E-state index is 12.6. The molecule has 2 heterocycles. The second kappa shape index (κ2) is 9.05. The third kappa shape index (κ3) is 4.93. The molecule has 1 aromatic heterocycles. The molecule has 29 heavy (non-hydrogen) atoms. The first-order valence-electron chi connectivity index (χ1n) is 10.2. The number of likely N-dealkylation sites (tertiary alicyclic amines) is 1. The van der Waals surface area contributed by atoms with Crippen LogP contribution in [0.15, 0.2) is 67.0 Å². The van der Waals surface area contributed by atoms with E-state index in [2.05, 4.69) is 22.0 Å². The number of ether oxygens (including phenoxy) is 1. The highest BCUT2D eigenvalue weighted by molar-refractivity contribution is 5.97. The van der Waals surface area contributed by atoms with E-state index in [1.807, 2.05) is 60.3 Å². The lowest BCUT2D eigenvalue weighted by atomic mass is 9.89. The summed E-state index contributed by atoms with van der Waals surface area (Å²) in [6.45, 7) is 3.29. The highest BCUT2D eigenvalue weighted by Crippen LogP contribution is 2.23. The Bertz CT molecular complexity index is 926. The molecule has 1 aliphatic heterocycles. The van der Waals surface area contributed by atoms with E-state index in [1.165, 1.54) is 5.56 Å². The normalized spacial score (nSPS) is 15.3. The van der Waals surface area contributed by atoms with Gasteiger partial charge in [0.05, 0.1) is 0 Å². The van der Waals surface area contributed by atoms with Crippen molar-refractivity contribution in [1.29, 1.82) is 0 Å².